The zero-order valence-corrected chi connectivity index (χ0v) is 22.3. The molecule has 8 nitrogen and oxygen atoms in total. The van der Waals surface area contributed by atoms with Gasteiger partial charge in [-0.3, -0.25) is 9.79 Å². The van der Waals surface area contributed by atoms with Crippen molar-refractivity contribution in [1.29, 1.82) is 0 Å². The van der Waals surface area contributed by atoms with E-state index in [0.29, 0.717) is 23.6 Å². The van der Waals surface area contributed by atoms with Gasteiger partial charge in [-0.05, 0) is 58.9 Å². The van der Waals surface area contributed by atoms with Gasteiger partial charge in [-0.1, -0.05) is 11.6 Å². The van der Waals surface area contributed by atoms with Crippen molar-refractivity contribution in [1.82, 2.24) is 4.98 Å². The van der Waals surface area contributed by atoms with E-state index in [4.69, 9.17) is 22.1 Å². The summed E-state index contributed by atoms with van der Waals surface area (Å²) in [7, 11) is -3.85. The first kappa shape index (κ1) is 27.2. The summed E-state index contributed by atoms with van der Waals surface area (Å²) in [5.41, 5.74) is 3.05. The molecule has 37 heavy (non-hydrogen) atoms. The van der Waals surface area contributed by atoms with Gasteiger partial charge in [0.1, 0.15) is 33.2 Å². The van der Waals surface area contributed by atoms with Crippen molar-refractivity contribution in [3.63, 3.8) is 0 Å². The molecule has 0 bridgehead atoms. The molecule has 1 amide bonds. The number of benzene rings is 1. The minimum absolute atomic E-state index is 0.0490. The van der Waals surface area contributed by atoms with Crippen molar-refractivity contribution in [2.45, 2.75) is 68.4 Å². The Balaban J connectivity index is 1.79. The second-order valence-electron chi connectivity index (χ2n) is 10.5. The fourth-order valence-electron chi connectivity index (χ4n) is 4.63. The van der Waals surface area contributed by atoms with Crippen LogP contribution < -0.4 is 15.8 Å². The van der Waals surface area contributed by atoms with Gasteiger partial charge in [0.15, 0.2) is 9.84 Å². The number of amidine groups is 1. The Morgan fingerprint density at radius 3 is 2.43 bits per heavy atom. The highest BCUT2D eigenvalue weighted by molar-refractivity contribution is 7.94. The number of halogens is 4. The topological polar surface area (TPSA) is 124 Å². The number of nitrogens with two attached hydrogens (primary N) is 1. The third-order valence-corrected chi connectivity index (χ3v) is 10.2. The fourth-order valence-corrected chi connectivity index (χ4v) is 7.34. The Morgan fingerprint density at radius 2 is 1.84 bits per heavy atom. The molecule has 2 aromatic rings. The van der Waals surface area contributed by atoms with Crippen molar-refractivity contribution in [2.24, 2.45) is 10.7 Å². The number of alkyl halides is 3. The molecule has 4 rings (SSSR count). The minimum atomic E-state index is -4.67. The highest BCUT2D eigenvalue weighted by atomic mass is 35.5. The fraction of sp³-hybridized carbons (Fsp3) is 0.458. The summed E-state index contributed by atoms with van der Waals surface area (Å²) in [6.07, 6.45) is -4.02. The number of nitrogens with one attached hydrogen (secondary N) is 1. The number of nitrogens with zero attached hydrogens (tertiary/aromatic N) is 2. The molecule has 0 fully saturated rings. The van der Waals surface area contributed by atoms with Crippen molar-refractivity contribution in [3.05, 3.63) is 52.3 Å². The van der Waals surface area contributed by atoms with Gasteiger partial charge in [-0.25, -0.2) is 13.4 Å². The summed E-state index contributed by atoms with van der Waals surface area (Å²) in [5, 5.41) is 1.09. The zero-order valence-electron chi connectivity index (χ0n) is 20.7. The van der Waals surface area contributed by atoms with Gasteiger partial charge in [0, 0.05) is 23.9 Å². The van der Waals surface area contributed by atoms with Crippen LogP contribution in [0.5, 0.6) is 5.75 Å². The molecule has 2 aliphatic heterocycles. The number of carbonyl (C=O) groups excluding carboxylic acids is 1. The summed E-state index contributed by atoms with van der Waals surface area (Å²) in [6.45, 7) is 8.23. The molecule has 2 atom stereocenters. The van der Waals surface area contributed by atoms with E-state index in [1.54, 1.807) is 26.8 Å². The first-order valence-corrected chi connectivity index (χ1v) is 13.2. The van der Waals surface area contributed by atoms with Crippen LogP contribution in [0.2, 0.25) is 5.02 Å². The van der Waals surface area contributed by atoms with Crippen LogP contribution >= 0.6 is 11.6 Å². The van der Waals surface area contributed by atoms with Crippen LogP contribution in [0.1, 0.15) is 62.7 Å². The van der Waals surface area contributed by atoms with E-state index in [9.17, 15) is 26.4 Å². The predicted molar refractivity (Wildman–Crippen MR) is 134 cm³/mol. The van der Waals surface area contributed by atoms with Crippen LogP contribution in [-0.4, -0.2) is 40.7 Å². The van der Waals surface area contributed by atoms with E-state index in [1.165, 1.54) is 26.0 Å². The highest BCUT2D eigenvalue weighted by Crippen LogP contribution is 2.51. The average Bonchev–Trinajstić information content (AvgIpc) is 2.84. The molecule has 0 saturated carbocycles. The SMILES string of the molecule is CC1(C)C[C@@H]2[C@](C)(N=C(N)C(C)(C)S2(=O)=O)c2cc(NC(=O)c3ncc(C(F)(F)F)cc3Cl)ccc2O1. The molecular weight excluding hydrogens is 533 g/mol. The smallest absolute Gasteiger partial charge is 0.417 e. The Bertz CT molecular complexity index is 1440. The first-order valence-electron chi connectivity index (χ1n) is 11.3. The average molecular weight is 559 g/mol. The lowest BCUT2D eigenvalue weighted by Gasteiger charge is -2.44. The lowest BCUT2D eigenvalue weighted by Crippen LogP contribution is -2.60. The number of hydrogen-bond acceptors (Lipinski definition) is 7. The van der Waals surface area contributed by atoms with E-state index in [2.05, 4.69) is 15.3 Å². The van der Waals surface area contributed by atoms with E-state index < -0.39 is 59.3 Å². The van der Waals surface area contributed by atoms with Crippen molar-refractivity contribution in [2.75, 3.05) is 5.32 Å². The third kappa shape index (κ3) is 4.43. The van der Waals surface area contributed by atoms with Gasteiger partial charge in [-0.15, -0.1) is 0 Å². The van der Waals surface area contributed by atoms with Crippen molar-refractivity contribution in [3.8, 4) is 5.75 Å². The lowest BCUT2D eigenvalue weighted by atomic mass is 9.84. The molecule has 1 aromatic heterocycles. The molecular formula is C24H26ClF3N4O4S. The molecule has 13 heteroatoms. The number of hydrogen-bond donors (Lipinski definition) is 2. The molecule has 200 valence electrons. The number of pyridine rings is 1. The summed E-state index contributed by atoms with van der Waals surface area (Å²) in [6, 6.07) is 5.22. The Hall–Kier alpha value is -2.86. The molecule has 0 saturated heterocycles. The maximum atomic E-state index is 13.7. The van der Waals surface area contributed by atoms with Gasteiger partial charge in [0.05, 0.1) is 15.8 Å². The number of rotatable bonds is 2. The zero-order chi connectivity index (χ0) is 27.8. The standard InChI is InChI=1S/C24H26ClF3N4O4S/c1-21(2)10-17-23(5,32-20(29)22(3,4)37(17,34)35)14-9-13(6-7-16(14)36-21)31-19(33)18-15(25)8-12(11-30-18)24(26,27)28/h6-9,11,17H,10H2,1-5H3,(H2,29,32)(H,31,33)/t17-,23-/m1/s1. The number of fused-ring (bicyclic) bond motifs is 3. The number of anilines is 1. The Morgan fingerprint density at radius 1 is 1.19 bits per heavy atom. The second kappa shape index (κ2) is 8.32. The lowest BCUT2D eigenvalue weighted by molar-refractivity contribution is -0.137. The van der Waals surface area contributed by atoms with Crippen LogP contribution in [0, 0.1) is 0 Å². The molecule has 0 radical (unpaired) electrons. The molecule has 0 spiro atoms. The molecule has 1 aromatic carbocycles. The summed E-state index contributed by atoms with van der Waals surface area (Å²) in [4.78, 5) is 21.1. The molecule has 3 N–H and O–H groups in total. The second-order valence-corrected chi connectivity index (χ2v) is 13.6. The summed E-state index contributed by atoms with van der Waals surface area (Å²) < 4.78 is 71.0. The Labute approximate surface area is 217 Å². The van der Waals surface area contributed by atoms with Gasteiger partial charge in [-0.2, -0.15) is 13.2 Å². The third-order valence-electron chi connectivity index (χ3n) is 6.91. The number of amides is 1. The van der Waals surface area contributed by atoms with E-state index in [0.717, 1.165) is 0 Å². The molecule has 0 unspecified atom stereocenters. The minimum Gasteiger partial charge on any atom is -0.487 e. The van der Waals surface area contributed by atoms with Crippen molar-refractivity contribution < 1.29 is 31.1 Å². The number of carbonyl (C=O) groups is 1. The van der Waals surface area contributed by atoms with E-state index in [1.807, 2.05) is 0 Å². The van der Waals surface area contributed by atoms with Crippen LogP contribution in [0.3, 0.4) is 0 Å². The molecule has 0 aliphatic carbocycles. The number of aliphatic imine (C=N–C) groups is 1. The van der Waals surface area contributed by atoms with Crippen LogP contribution in [0.15, 0.2) is 35.5 Å². The van der Waals surface area contributed by atoms with Gasteiger partial charge in [0.25, 0.3) is 5.91 Å². The van der Waals surface area contributed by atoms with Crippen LogP contribution in [0.25, 0.3) is 0 Å². The highest BCUT2D eigenvalue weighted by Gasteiger charge is 2.59. The van der Waals surface area contributed by atoms with E-state index >= 15 is 0 Å². The quantitative estimate of drug-likeness (QED) is 0.550. The molecule has 2 aliphatic rings. The van der Waals surface area contributed by atoms with Gasteiger partial charge in [0.2, 0.25) is 0 Å². The maximum absolute atomic E-state index is 13.7. The number of aromatic nitrogens is 1. The van der Waals surface area contributed by atoms with Crippen LogP contribution in [-0.2, 0) is 21.6 Å². The monoisotopic (exact) mass is 558 g/mol. The normalized spacial score (nSPS) is 25.5. The number of ether oxygens (including phenoxy) is 1. The number of sulfone groups is 1. The molecule has 3 heterocycles. The van der Waals surface area contributed by atoms with Gasteiger partial charge >= 0.3 is 6.18 Å². The largest absolute Gasteiger partial charge is 0.487 e. The summed E-state index contributed by atoms with van der Waals surface area (Å²) in [5.74, 6) is -0.534. The van der Waals surface area contributed by atoms with Crippen molar-refractivity contribution >= 4 is 38.9 Å². The van der Waals surface area contributed by atoms with E-state index in [-0.39, 0.29) is 17.9 Å². The predicted octanol–water partition coefficient (Wildman–Crippen LogP) is 4.72. The maximum Gasteiger partial charge on any atom is 0.417 e. The van der Waals surface area contributed by atoms with Crippen LogP contribution in [0.4, 0.5) is 18.9 Å². The first-order chi connectivity index (χ1) is 16.8. The van der Waals surface area contributed by atoms with Gasteiger partial charge < -0.3 is 15.8 Å². The Kier molecular flexibility index (Phi) is 6.11. The summed E-state index contributed by atoms with van der Waals surface area (Å²) >= 11 is 5.91.